The lowest BCUT2D eigenvalue weighted by atomic mass is 10.0. The average Bonchev–Trinajstić information content (AvgIpc) is 2.59. The van der Waals surface area contributed by atoms with Crippen molar-refractivity contribution in [1.82, 2.24) is 15.5 Å². The molecule has 0 radical (unpaired) electrons. The molecular weight excluding hydrogens is 342 g/mol. The first-order chi connectivity index (χ1) is 12.7. The lowest BCUT2D eigenvalue weighted by Crippen LogP contribution is -2.40. The highest BCUT2D eigenvalue weighted by Crippen LogP contribution is 2.16. The molecule has 1 aromatic rings. The Balaban J connectivity index is 1.83. The molecule has 1 heterocycles. The van der Waals surface area contributed by atoms with Gasteiger partial charge in [-0.1, -0.05) is 30.3 Å². The zero-order valence-corrected chi connectivity index (χ0v) is 16.5. The Morgan fingerprint density at radius 1 is 1.22 bits per heavy atom. The molecule has 1 aromatic carbocycles. The Morgan fingerprint density at radius 2 is 1.89 bits per heavy atom. The fraction of sp³-hybridized carbons (Fsp3) is 0.500. The predicted molar refractivity (Wildman–Crippen MR) is 108 cm³/mol. The molecular formula is C20H31N5O2. The summed E-state index contributed by atoms with van der Waals surface area (Å²) in [7, 11) is 0. The molecule has 0 unspecified atom stereocenters. The van der Waals surface area contributed by atoms with E-state index in [9.17, 15) is 4.79 Å². The highest BCUT2D eigenvalue weighted by Gasteiger charge is 2.21. The average molecular weight is 374 g/mol. The van der Waals surface area contributed by atoms with Crippen LogP contribution in [0.5, 0.6) is 0 Å². The van der Waals surface area contributed by atoms with E-state index in [0.29, 0.717) is 37.6 Å². The van der Waals surface area contributed by atoms with Gasteiger partial charge in [-0.05, 0) is 26.3 Å². The number of nitrogens with two attached hydrogens (primary N) is 1. The summed E-state index contributed by atoms with van der Waals surface area (Å²) in [6.45, 7) is 8.67. The van der Waals surface area contributed by atoms with Crippen molar-refractivity contribution < 1.29 is 9.53 Å². The Bertz CT molecular complexity index is 679. The third kappa shape index (κ3) is 7.30. The minimum Gasteiger partial charge on any atom is -0.444 e. The number of amides is 1. The van der Waals surface area contributed by atoms with Gasteiger partial charge in [-0.3, -0.25) is 4.90 Å². The summed E-state index contributed by atoms with van der Waals surface area (Å²) in [5.41, 5.74) is 8.30. The van der Waals surface area contributed by atoms with Gasteiger partial charge in [-0.15, -0.1) is 0 Å². The second-order valence-corrected chi connectivity index (χ2v) is 7.67. The van der Waals surface area contributed by atoms with Crippen LogP contribution in [0.15, 0.2) is 41.7 Å². The maximum absolute atomic E-state index is 11.6. The van der Waals surface area contributed by atoms with Gasteiger partial charge in [0.15, 0.2) is 0 Å². The van der Waals surface area contributed by atoms with Gasteiger partial charge in [0.05, 0.1) is 0 Å². The molecule has 0 atom stereocenters. The van der Waals surface area contributed by atoms with Crippen LogP contribution in [0.1, 0.15) is 32.8 Å². The Kier molecular flexibility index (Phi) is 7.24. The number of piperidine rings is 1. The first kappa shape index (κ1) is 20.8. The molecule has 1 fully saturated rings. The monoisotopic (exact) mass is 373 g/mol. The van der Waals surface area contributed by atoms with E-state index in [-0.39, 0.29) is 0 Å². The smallest absolute Gasteiger partial charge is 0.407 e. The van der Waals surface area contributed by atoms with Crippen molar-refractivity contribution >= 4 is 11.8 Å². The number of alkyl carbamates (subject to hydrolysis) is 1. The molecule has 0 spiro atoms. The van der Waals surface area contributed by atoms with Crippen LogP contribution >= 0.6 is 0 Å². The molecule has 5 N–H and O–H groups in total. The highest BCUT2D eigenvalue weighted by molar-refractivity contribution is 5.99. The lowest BCUT2D eigenvalue weighted by molar-refractivity contribution is 0.0528. The third-order valence-corrected chi connectivity index (χ3v) is 4.11. The molecule has 0 bridgehead atoms. The number of benzene rings is 1. The molecule has 1 amide bonds. The summed E-state index contributed by atoms with van der Waals surface area (Å²) in [5.74, 6) is 0.503. The van der Waals surface area contributed by atoms with Gasteiger partial charge in [-0.25, -0.2) is 4.79 Å². The molecule has 0 aliphatic carbocycles. The van der Waals surface area contributed by atoms with Crippen LogP contribution in [0.4, 0.5) is 4.79 Å². The summed E-state index contributed by atoms with van der Waals surface area (Å²) in [6.07, 6.45) is 0.232. The van der Waals surface area contributed by atoms with E-state index >= 15 is 0 Å². The predicted octanol–water partition coefficient (Wildman–Crippen LogP) is 2.20. The van der Waals surface area contributed by atoms with E-state index in [1.165, 1.54) is 5.56 Å². The summed E-state index contributed by atoms with van der Waals surface area (Å²) in [5, 5.41) is 14.0. The van der Waals surface area contributed by atoms with Crippen molar-refractivity contribution in [2.24, 2.45) is 5.73 Å². The number of carbonyl (C=O) groups is 1. The zero-order chi connectivity index (χ0) is 19.9. The van der Waals surface area contributed by atoms with Gasteiger partial charge in [0.2, 0.25) is 0 Å². The molecule has 2 rings (SSSR count). The molecule has 1 aliphatic rings. The Labute approximate surface area is 161 Å². The van der Waals surface area contributed by atoms with Gasteiger partial charge in [0, 0.05) is 50.4 Å². The number of likely N-dealkylation sites (tertiary alicyclic amines) is 1. The summed E-state index contributed by atoms with van der Waals surface area (Å²) in [4.78, 5) is 13.9. The van der Waals surface area contributed by atoms with Crippen LogP contribution in [-0.2, 0) is 11.3 Å². The number of rotatable bonds is 6. The van der Waals surface area contributed by atoms with Crippen LogP contribution in [0.2, 0.25) is 0 Å². The van der Waals surface area contributed by atoms with Crippen LogP contribution in [0, 0.1) is 5.41 Å². The van der Waals surface area contributed by atoms with Crippen LogP contribution < -0.4 is 16.4 Å². The van der Waals surface area contributed by atoms with Crippen molar-refractivity contribution in [3.63, 3.8) is 0 Å². The standard InChI is InChI=1S/C20H31N5O2/c1-20(2,3)27-19(26)24-11-10-23-18(22)16-14-25(12-9-17(16)21)13-15-7-5-4-6-8-15/h4-8,21,23H,9-14,22H2,1-3H3,(H,24,26)/b18-16+,21-17?. The zero-order valence-electron chi connectivity index (χ0n) is 16.5. The molecule has 148 valence electrons. The number of nitrogens with one attached hydrogen (secondary N) is 3. The molecule has 1 saturated heterocycles. The van der Waals surface area contributed by atoms with Crippen molar-refractivity contribution in [2.75, 3.05) is 26.2 Å². The van der Waals surface area contributed by atoms with E-state index < -0.39 is 11.7 Å². The van der Waals surface area contributed by atoms with E-state index in [1.807, 2.05) is 39.0 Å². The van der Waals surface area contributed by atoms with E-state index in [2.05, 4.69) is 27.7 Å². The summed E-state index contributed by atoms with van der Waals surface area (Å²) >= 11 is 0. The van der Waals surface area contributed by atoms with E-state index in [1.54, 1.807) is 0 Å². The van der Waals surface area contributed by atoms with Crippen LogP contribution in [0.25, 0.3) is 0 Å². The second-order valence-electron chi connectivity index (χ2n) is 7.67. The van der Waals surface area contributed by atoms with Crippen LogP contribution in [0.3, 0.4) is 0 Å². The molecule has 1 aliphatic heterocycles. The van der Waals surface area contributed by atoms with Gasteiger partial charge < -0.3 is 26.5 Å². The molecule has 0 aromatic heterocycles. The van der Waals surface area contributed by atoms with Crippen molar-refractivity contribution in [2.45, 2.75) is 39.3 Å². The van der Waals surface area contributed by atoms with Crippen molar-refractivity contribution in [3.8, 4) is 0 Å². The Hall–Kier alpha value is -2.54. The number of nitrogens with zero attached hydrogens (tertiary/aromatic N) is 1. The van der Waals surface area contributed by atoms with Crippen molar-refractivity contribution in [3.05, 3.63) is 47.3 Å². The molecule has 0 saturated carbocycles. The molecule has 7 nitrogen and oxygen atoms in total. The lowest BCUT2D eigenvalue weighted by Gasteiger charge is -2.30. The topological polar surface area (TPSA) is 103 Å². The second kappa shape index (κ2) is 9.41. The number of hydrogen-bond acceptors (Lipinski definition) is 6. The van der Waals surface area contributed by atoms with Crippen LogP contribution in [-0.4, -0.2) is 48.5 Å². The highest BCUT2D eigenvalue weighted by atomic mass is 16.6. The normalized spacial score (nSPS) is 17.4. The fourth-order valence-electron chi connectivity index (χ4n) is 2.83. The Morgan fingerprint density at radius 3 is 2.56 bits per heavy atom. The maximum Gasteiger partial charge on any atom is 0.407 e. The fourth-order valence-corrected chi connectivity index (χ4v) is 2.83. The molecule has 27 heavy (non-hydrogen) atoms. The number of ether oxygens (including phenoxy) is 1. The van der Waals surface area contributed by atoms with Crippen molar-refractivity contribution in [1.29, 1.82) is 5.41 Å². The minimum atomic E-state index is -0.516. The van der Waals surface area contributed by atoms with Gasteiger partial charge in [0.1, 0.15) is 11.4 Å². The first-order valence-corrected chi connectivity index (χ1v) is 9.28. The maximum atomic E-state index is 11.6. The van der Waals surface area contributed by atoms with E-state index in [4.69, 9.17) is 15.9 Å². The van der Waals surface area contributed by atoms with Gasteiger partial charge in [0.25, 0.3) is 0 Å². The van der Waals surface area contributed by atoms with Gasteiger partial charge in [-0.2, -0.15) is 0 Å². The summed E-state index contributed by atoms with van der Waals surface area (Å²) in [6, 6.07) is 10.3. The summed E-state index contributed by atoms with van der Waals surface area (Å²) < 4.78 is 5.19. The number of hydrogen-bond donors (Lipinski definition) is 4. The number of carbonyl (C=O) groups excluding carboxylic acids is 1. The third-order valence-electron chi connectivity index (χ3n) is 4.11. The minimum absolute atomic E-state index is 0.393. The van der Waals surface area contributed by atoms with Gasteiger partial charge >= 0.3 is 6.09 Å². The SMILES string of the molecule is CC(C)(C)OC(=O)NCCN/C(N)=C1\CN(Cc2ccccc2)CCC1=N. The first-order valence-electron chi connectivity index (χ1n) is 9.28. The molecule has 7 heteroatoms. The largest absolute Gasteiger partial charge is 0.444 e. The van der Waals surface area contributed by atoms with E-state index in [0.717, 1.165) is 18.7 Å². The quantitative estimate of drug-likeness (QED) is 0.573.